The number of halogens is 1. The number of likely N-dealkylation sites (tertiary alicyclic amines) is 1. The van der Waals surface area contributed by atoms with Gasteiger partial charge in [0.1, 0.15) is 6.04 Å². The first-order valence-corrected chi connectivity index (χ1v) is 6.93. The van der Waals surface area contributed by atoms with E-state index in [1.165, 1.54) is 0 Å². The second-order valence-corrected chi connectivity index (χ2v) is 6.18. The summed E-state index contributed by atoms with van der Waals surface area (Å²) in [6, 6.07) is 1.48. The zero-order valence-electron chi connectivity index (χ0n) is 9.07. The summed E-state index contributed by atoms with van der Waals surface area (Å²) in [5.41, 5.74) is 0. The maximum atomic E-state index is 11.4. The van der Waals surface area contributed by atoms with Crippen molar-refractivity contribution >= 4 is 33.2 Å². The van der Waals surface area contributed by atoms with E-state index in [0.29, 0.717) is 0 Å². The molecule has 2 rings (SSSR count). The Morgan fingerprint density at radius 1 is 1.56 bits per heavy atom. The fourth-order valence-corrected chi connectivity index (χ4v) is 3.76. The summed E-state index contributed by atoms with van der Waals surface area (Å²) in [7, 11) is 0. The molecule has 0 aliphatic carbocycles. The van der Waals surface area contributed by atoms with Gasteiger partial charge < -0.3 is 5.11 Å². The van der Waals surface area contributed by atoms with E-state index in [2.05, 4.69) is 20.8 Å². The molecule has 0 saturated carbocycles. The third kappa shape index (κ3) is 2.31. The van der Waals surface area contributed by atoms with Crippen molar-refractivity contribution in [3.8, 4) is 0 Å². The average Bonchev–Trinajstić information content (AvgIpc) is 2.79. The van der Waals surface area contributed by atoms with Crippen molar-refractivity contribution in [2.45, 2.75) is 25.8 Å². The SMILES string of the molecule is Cc1sc(C(C(=O)O)N2CCCC2)cc1Br. The fourth-order valence-electron chi connectivity index (χ4n) is 2.07. The summed E-state index contributed by atoms with van der Waals surface area (Å²) in [5, 5.41) is 9.34. The molecule has 0 aromatic carbocycles. The molecule has 1 aliphatic heterocycles. The van der Waals surface area contributed by atoms with E-state index in [0.717, 1.165) is 40.2 Å². The fraction of sp³-hybridized carbons (Fsp3) is 0.545. The van der Waals surface area contributed by atoms with E-state index in [-0.39, 0.29) is 0 Å². The summed E-state index contributed by atoms with van der Waals surface area (Å²) >= 11 is 5.01. The van der Waals surface area contributed by atoms with Crippen LogP contribution in [0.4, 0.5) is 0 Å². The standard InChI is InChI=1S/C11H14BrNO2S/c1-7-8(12)6-9(16-7)10(11(14)15)13-4-2-3-5-13/h6,10H,2-5H2,1H3,(H,14,15). The minimum atomic E-state index is -0.740. The summed E-state index contributed by atoms with van der Waals surface area (Å²) < 4.78 is 1.01. The number of nitrogens with zero attached hydrogens (tertiary/aromatic N) is 1. The molecule has 1 atom stereocenters. The molecule has 1 aromatic heterocycles. The molecular formula is C11H14BrNO2S. The lowest BCUT2D eigenvalue weighted by molar-refractivity contribution is -0.143. The van der Waals surface area contributed by atoms with E-state index in [4.69, 9.17) is 0 Å². The van der Waals surface area contributed by atoms with Gasteiger partial charge in [-0.25, -0.2) is 0 Å². The van der Waals surface area contributed by atoms with Crippen LogP contribution in [0, 0.1) is 6.92 Å². The lowest BCUT2D eigenvalue weighted by atomic mass is 10.2. The number of aryl methyl sites for hydroxylation is 1. The van der Waals surface area contributed by atoms with Crippen LogP contribution in [-0.2, 0) is 4.79 Å². The van der Waals surface area contributed by atoms with Crippen LogP contribution in [0.1, 0.15) is 28.6 Å². The van der Waals surface area contributed by atoms with E-state index in [1.807, 2.05) is 13.0 Å². The highest BCUT2D eigenvalue weighted by Gasteiger charge is 2.30. The Morgan fingerprint density at radius 2 is 2.19 bits per heavy atom. The van der Waals surface area contributed by atoms with Gasteiger partial charge in [0.05, 0.1) is 0 Å². The first-order chi connectivity index (χ1) is 7.59. The van der Waals surface area contributed by atoms with Gasteiger partial charge in [0, 0.05) is 14.2 Å². The molecule has 16 heavy (non-hydrogen) atoms. The number of rotatable bonds is 3. The Balaban J connectivity index is 2.28. The Labute approximate surface area is 107 Å². The van der Waals surface area contributed by atoms with Crippen molar-refractivity contribution in [1.29, 1.82) is 0 Å². The maximum absolute atomic E-state index is 11.4. The molecule has 0 amide bonds. The number of aliphatic carboxylic acids is 1. The highest BCUT2D eigenvalue weighted by molar-refractivity contribution is 9.10. The molecule has 1 aromatic rings. The van der Waals surface area contributed by atoms with E-state index in [9.17, 15) is 9.90 Å². The second kappa shape index (κ2) is 4.85. The van der Waals surface area contributed by atoms with Gasteiger partial charge in [-0.1, -0.05) is 0 Å². The van der Waals surface area contributed by atoms with Gasteiger partial charge >= 0.3 is 5.97 Å². The van der Waals surface area contributed by atoms with E-state index >= 15 is 0 Å². The Morgan fingerprint density at radius 3 is 2.62 bits per heavy atom. The largest absolute Gasteiger partial charge is 0.480 e. The van der Waals surface area contributed by atoms with Crippen LogP contribution < -0.4 is 0 Å². The summed E-state index contributed by atoms with van der Waals surface area (Å²) in [5.74, 6) is -0.740. The van der Waals surface area contributed by atoms with Crippen molar-refractivity contribution in [2.75, 3.05) is 13.1 Å². The van der Waals surface area contributed by atoms with Gasteiger partial charge in [-0.2, -0.15) is 0 Å². The molecule has 1 aliphatic rings. The summed E-state index contributed by atoms with van der Waals surface area (Å²) in [4.78, 5) is 15.5. The molecule has 1 unspecified atom stereocenters. The third-order valence-electron chi connectivity index (χ3n) is 2.89. The number of hydrogen-bond acceptors (Lipinski definition) is 3. The molecule has 0 radical (unpaired) electrons. The lowest BCUT2D eigenvalue weighted by Gasteiger charge is -2.22. The predicted molar refractivity (Wildman–Crippen MR) is 67.9 cm³/mol. The number of thiophene rings is 1. The van der Waals surface area contributed by atoms with Gasteiger partial charge in [0.25, 0.3) is 0 Å². The van der Waals surface area contributed by atoms with Crippen molar-refractivity contribution in [1.82, 2.24) is 4.90 Å². The van der Waals surface area contributed by atoms with Crippen molar-refractivity contribution in [3.05, 3.63) is 20.3 Å². The Hall–Kier alpha value is -0.390. The smallest absolute Gasteiger partial charge is 0.326 e. The zero-order valence-corrected chi connectivity index (χ0v) is 11.5. The summed E-state index contributed by atoms with van der Waals surface area (Å²) in [6.45, 7) is 3.79. The molecule has 1 saturated heterocycles. The number of carbonyl (C=O) groups is 1. The van der Waals surface area contributed by atoms with Gasteiger partial charge in [-0.3, -0.25) is 9.69 Å². The number of carboxylic acids is 1. The minimum Gasteiger partial charge on any atom is -0.480 e. The number of carboxylic acid groups (broad SMARTS) is 1. The van der Waals surface area contributed by atoms with Crippen LogP contribution in [0.3, 0.4) is 0 Å². The molecule has 2 heterocycles. The molecular weight excluding hydrogens is 290 g/mol. The molecule has 5 heteroatoms. The molecule has 0 spiro atoms. The highest BCUT2D eigenvalue weighted by atomic mass is 79.9. The molecule has 88 valence electrons. The first kappa shape index (κ1) is 12.1. The van der Waals surface area contributed by atoms with Gasteiger partial charge in [-0.05, 0) is 54.9 Å². The van der Waals surface area contributed by atoms with Crippen LogP contribution in [0.2, 0.25) is 0 Å². The van der Waals surface area contributed by atoms with Crippen LogP contribution in [0.5, 0.6) is 0 Å². The average molecular weight is 304 g/mol. The third-order valence-corrected chi connectivity index (χ3v) is 5.07. The van der Waals surface area contributed by atoms with Crippen LogP contribution in [-0.4, -0.2) is 29.1 Å². The minimum absolute atomic E-state index is 0.461. The quantitative estimate of drug-likeness (QED) is 0.933. The summed E-state index contributed by atoms with van der Waals surface area (Å²) in [6.07, 6.45) is 2.21. The van der Waals surface area contributed by atoms with E-state index in [1.54, 1.807) is 11.3 Å². The number of hydrogen-bond donors (Lipinski definition) is 1. The monoisotopic (exact) mass is 303 g/mol. The Bertz CT molecular complexity index is 379. The second-order valence-electron chi connectivity index (χ2n) is 4.04. The molecule has 3 nitrogen and oxygen atoms in total. The predicted octanol–water partition coefficient (Wildman–Crippen LogP) is 3.04. The molecule has 1 N–H and O–H groups in total. The Kier molecular flexibility index (Phi) is 3.66. The normalized spacial score (nSPS) is 18.9. The zero-order chi connectivity index (χ0) is 11.7. The van der Waals surface area contributed by atoms with Crippen LogP contribution >= 0.6 is 27.3 Å². The van der Waals surface area contributed by atoms with Crippen molar-refractivity contribution < 1.29 is 9.90 Å². The first-order valence-electron chi connectivity index (χ1n) is 5.32. The van der Waals surface area contributed by atoms with Gasteiger partial charge in [0.2, 0.25) is 0 Å². The highest BCUT2D eigenvalue weighted by Crippen LogP contribution is 2.34. The van der Waals surface area contributed by atoms with Gasteiger partial charge in [0.15, 0.2) is 0 Å². The van der Waals surface area contributed by atoms with Crippen LogP contribution in [0.15, 0.2) is 10.5 Å². The van der Waals surface area contributed by atoms with Crippen LogP contribution in [0.25, 0.3) is 0 Å². The topological polar surface area (TPSA) is 40.5 Å². The molecule has 0 bridgehead atoms. The lowest BCUT2D eigenvalue weighted by Crippen LogP contribution is -2.31. The maximum Gasteiger partial charge on any atom is 0.326 e. The van der Waals surface area contributed by atoms with E-state index < -0.39 is 12.0 Å². The van der Waals surface area contributed by atoms with Crippen molar-refractivity contribution in [3.63, 3.8) is 0 Å². The molecule has 1 fully saturated rings. The van der Waals surface area contributed by atoms with Crippen molar-refractivity contribution in [2.24, 2.45) is 0 Å². The van der Waals surface area contributed by atoms with Gasteiger partial charge in [-0.15, -0.1) is 11.3 Å².